The lowest BCUT2D eigenvalue weighted by Crippen LogP contribution is -2.51. The predicted octanol–water partition coefficient (Wildman–Crippen LogP) is 0.782. The van der Waals surface area contributed by atoms with Crippen LogP contribution in [0.5, 0.6) is 0 Å². The first-order chi connectivity index (χ1) is 7.11. The number of aromatic nitrogens is 1. The Bertz CT molecular complexity index is 326. The quantitative estimate of drug-likeness (QED) is 0.749. The summed E-state index contributed by atoms with van der Waals surface area (Å²) in [6.07, 6.45) is 2.60. The number of rotatable bonds is 5. The molecule has 1 unspecified atom stereocenters. The zero-order valence-corrected chi connectivity index (χ0v) is 9.16. The largest absolute Gasteiger partial charge is 0.368 e. The second-order valence-corrected chi connectivity index (χ2v) is 3.63. The number of carbonyl (C=O) groups excluding carboxylic acids is 1. The van der Waals surface area contributed by atoms with Crippen molar-refractivity contribution >= 4 is 5.91 Å². The summed E-state index contributed by atoms with van der Waals surface area (Å²) in [4.78, 5) is 15.6. The molecule has 0 aliphatic heterocycles. The van der Waals surface area contributed by atoms with Crippen molar-refractivity contribution in [2.75, 3.05) is 6.54 Å². The zero-order chi connectivity index (χ0) is 11.3. The van der Waals surface area contributed by atoms with Gasteiger partial charge in [0.1, 0.15) is 5.54 Å². The molecule has 1 aromatic rings. The minimum absolute atomic E-state index is 0.408. The Morgan fingerprint density at radius 3 is 2.80 bits per heavy atom. The van der Waals surface area contributed by atoms with E-state index in [1.165, 1.54) is 0 Å². The van der Waals surface area contributed by atoms with Gasteiger partial charge in [-0.15, -0.1) is 0 Å². The standard InChI is InChI=1S/C11H17N3O/c1-3-7-14-11(2,10(12)15)9-6-4-5-8-13-9/h4-6,8,14H,3,7H2,1-2H3,(H2,12,15). The molecular formula is C11H17N3O. The Morgan fingerprint density at radius 2 is 2.33 bits per heavy atom. The summed E-state index contributed by atoms with van der Waals surface area (Å²) in [5.41, 5.74) is 5.18. The summed E-state index contributed by atoms with van der Waals surface area (Å²) < 4.78 is 0. The molecule has 0 radical (unpaired) electrons. The number of nitrogens with one attached hydrogen (secondary N) is 1. The highest BCUT2D eigenvalue weighted by molar-refractivity contribution is 5.85. The van der Waals surface area contributed by atoms with Gasteiger partial charge in [-0.1, -0.05) is 13.0 Å². The van der Waals surface area contributed by atoms with Crippen LogP contribution in [0, 0.1) is 0 Å². The van der Waals surface area contributed by atoms with Crippen LogP contribution >= 0.6 is 0 Å². The molecule has 1 rings (SSSR count). The average molecular weight is 207 g/mol. The molecule has 4 nitrogen and oxygen atoms in total. The fraction of sp³-hybridized carbons (Fsp3) is 0.455. The number of primary amides is 1. The first kappa shape index (κ1) is 11.7. The lowest BCUT2D eigenvalue weighted by Gasteiger charge is -2.26. The third-order valence-corrected chi connectivity index (χ3v) is 2.40. The number of amides is 1. The van der Waals surface area contributed by atoms with Crippen LogP contribution in [-0.4, -0.2) is 17.4 Å². The molecule has 1 atom stereocenters. The van der Waals surface area contributed by atoms with E-state index in [2.05, 4.69) is 10.3 Å². The third kappa shape index (κ3) is 2.53. The molecule has 0 aromatic carbocycles. The van der Waals surface area contributed by atoms with E-state index in [-0.39, 0.29) is 0 Å². The van der Waals surface area contributed by atoms with Crippen molar-refractivity contribution in [2.45, 2.75) is 25.8 Å². The molecule has 0 aliphatic rings. The van der Waals surface area contributed by atoms with Crippen molar-refractivity contribution in [1.82, 2.24) is 10.3 Å². The van der Waals surface area contributed by atoms with Gasteiger partial charge in [-0.25, -0.2) is 0 Å². The van der Waals surface area contributed by atoms with Gasteiger partial charge >= 0.3 is 0 Å². The lowest BCUT2D eigenvalue weighted by molar-refractivity contribution is -0.124. The van der Waals surface area contributed by atoms with Gasteiger partial charge in [0.05, 0.1) is 5.69 Å². The number of carbonyl (C=O) groups is 1. The van der Waals surface area contributed by atoms with Crippen molar-refractivity contribution < 1.29 is 4.79 Å². The van der Waals surface area contributed by atoms with Crippen LogP contribution in [-0.2, 0) is 10.3 Å². The van der Waals surface area contributed by atoms with Crippen LogP contribution < -0.4 is 11.1 Å². The second-order valence-electron chi connectivity index (χ2n) is 3.63. The SMILES string of the molecule is CCCNC(C)(C(N)=O)c1ccccn1. The molecule has 82 valence electrons. The summed E-state index contributed by atoms with van der Waals surface area (Å²) in [5, 5.41) is 3.12. The fourth-order valence-corrected chi connectivity index (χ4v) is 1.34. The topological polar surface area (TPSA) is 68.0 Å². The maximum absolute atomic E-state index is 11.4. The summed E-state index contributed by atoms with van der Waals surface area (Å²) in [6.45, 7) is 4.52. The predicted molar refractivity (Wildman–Crippen MR) is 59.1 cm³/mol. The van der Waals surface area contributed by atoms with Crippen LogP contribution in [0.4, 0.5) is 0 Å². The van der Waals surface area contributed by atoms with Crippen LogP contribution in [0.1, 0.15) is 26.0 Å². The lowest BCUT2D eigenvalue weighted by atomic mass is 9.96. The van der Waals surface area contributed by atoms with Crippen LogP contribution in [0.2, 0.25) is 0 Å². The van der Waals surface area contributed by atoms with Gasteiger partial charge in [0, 0.05) is 6.20 Å². The summed E-state index contributed by atoms with van der Waals surface area (Å²) in [7, 11) is 0. The van der Waals surface area contributed by atoms with Gasteiger partial charge in [0.25, 0.3) is 0 Å². The Labute approximate surface area is 89.9 Å². The summed E-state index contributed by atoms with van der Waals surface area (Å²) >= 11 is 0. The normalized spacial score (nSPS) is 14.5. The fourth-order valence-electron chi connectivity index (χ4n) is 1.34. The molecule has 1 amide bonds. The minimum atomic E-state index is -0.878. The van der Waals surface area contributed by atoms with E-state index in [0.29, 0.717) is 5.69 Å². The number of nitrogens with zero attached hydrogens (tertiary/aromatic N) is 1. The molecule has 4 heteroatoms. The van der Waals surface area contributed by atoms with Crippen molar-refractivity contribution in [3.63, 3.8) is 0 Å². The summed E-state index contributed by atoms with van der Waals surface area (Å²) in [5.74, 6) is -0.408. The molecule has 3 N–H and O–H groups in total. The highest BCUT2D eigenvalue weighted by atomic mass is 16.1. The summed E-state index contributed by atoms with van der Waals surface area (Å²) in [6, 6.07) is 5.45. The third-order valence-electron chi connectivity index (χ3n) is 2.40. The second kappa shape index (κ2) is 4.89. The van der Waals surface area contributed by atoms with Crippen molar-refractivity contribution in [3.05, 3.63) is 30.1 Å². The van der Waals surface area contributed by atoms with Crippen LogP contribution in [0.15, 0.2) is 24.4 Å². The molecular weight excluding hydrogens is 190 g/mol. The number of pyridine rings is 1. The van der Waals surface area contributed by atoms with E-state index in [4.69, 9.17) is 5.73 Å². The number of hydrogen-bond acceptors (Lipinski definition) is 3. The van der Waals surface area contributed by atoms with E-state index >= 15 is 0 Å². The maximum Gasteiger partial charge on any atom is 0.243 e. The van der Waals surface area contributed by atoms with Gasteiger partial charge in [0.15, 0.2) is 0 Å². The van der Waals surface area contributed by atoms with E-state index in [9.17, 15) is 4.79 Å². The Morgan fingerprint density at radius 1 is 1.60 bits per heavy atom. The smallest absolute Gasteiger partial charge is 0.243 e. The van der Waals surface area contributed by atoms with E-state index in [1.807, 2.05) is 19.1 Å². The Kier molecular flexibility index (Phi) is 3.80. The molecule has 0 saturated carbocycles. The van der Waals surface area contributed by atoms with Gasteiger partial charge in [0.2, 0.25) is 5.91 Å². The van der Waals surface area contributed by atoms with Gasteiger partial charge in [-0.3, -0.25) is 15.1 Å². The molecule has 1 heterocycles. The molecule has 0 bridgehead atoms. The molecule has 0 spiro atoms. The van der Waals surface area contributed by atoms with Gasteiger partial charge in [-0.2, -0.15) is 0 Å². The number of nitrogens with two attached hydrogens (primary N) is 1. The van der Waals surface area contributed by atoms with Crippen LogP contribution in [0.3, 0.4) is 0 Å². The molecule has 0 fully saturated rings. The first-order valence-electron chi connectivity index (χ1n) is 5.07. The Hall–Kier alpha value is -1.42. The van der Waals surface area contributed by atoms with Gasteiger partial charge < -0.3 is 5.73 Å². The number of hydrogen-bond donors (Lipinski definition) is 2. The van der Waals surface area contributed by atoms with Gasteiger partial charge in [-0.05, 0) is 32.0 Å². The van der Waals surface area contributed by atoms with Crippen LogP contribution in [0.25, 0.3) is 0 Å². The van der Waals surface area contributed by atoms with Crippen molar-refractivity contribution in [2.24, 2.45) is 5.73 Å². The molecule has 0 aliphatic carbocycles. The monoisotopic (exact) mass is 207 g/mol. The van der Waals surface area contributed by atoms with E-state index in [1.54, 1.807) is 19.2 Å². The molecule has 1 aromatic heterocycles. The van der Waals surface area contributed by atoms with Crippen molar-refractivity contribution in [3.8, 4) is 0 Å². The zero-order valence-electron chi connectivity index (χ0n) is 9.16. The molecule has 15 heavy (non-hydrogen) atoms. The minimum Gasteiger partial charge on any atom is -0.368 e. The highest BCUT2D eigenvalue weighted by Gasteiger charge is 2.33. The van der Waals surface area contributed by atoms with E-state index in [0.717, 1.165) is 13.0 Å². The van der Waals surface area contributed by atoms with E-state index < -0.39 is 11.4 Å². The maximum atomic E-state index is 11.4. The highest BCUT2D eigenvalue weighted by Crippen LogP contribution is 2.17. The average Bonchev–Trinajstić information content (AvgIpc) is 2.27. The Balaban J connectivity index is 2.96. The molecule has 0 saturated heterocycles. The van der Waals surface area contributed by atoms with Crippen molar-refractivity contribution in [1.29, 1.82) is 0 Å². The first-order valence-corrected chi connectivity index (χ1v) is 5.07.